The lowest BCUT2D eigenvalue weighted by Crippen LogP contribution is -2.14. The Morgan fingerprint density at radius 3 is 2.76 bits per heavy atom. The number of rotatable bonds is 3. The fourth-order valence-electron chi connectivity index (χ4n) is 2.88. The predicted octanol–water partition coefficient (Wildman–Crippen LogP) is 5.72. The molecule has 0 unspecified atom stereocenters. The Kier molecular flexibility index (Phi) is 4.75. The van der Waals surface area contributed by atoms with E-state index < -0.39 is 11.7 Å². The lowest BCUT2D eigenvalue weighted by atomic mass is 10.1. The highest BCUT2D eigenvalue weighted by atomic mass is 35.5. The quantitative estimate of drug-likeness (QED) is 0.472. The van der Waals surface area contributed by atoms with Gasteiger partial charge in [0.15, 0.2) is 5.58 Å². The number of nitriles is 1. The smallest absolute Gasteiger partial charge is 0.258 e. The van der Waals surface area contributed by atoms with Crippen LogP contribution in [-0.2, 0) is 0 Å². The Hall–Kier alpha value is -3.69. The minimum absolute atomic E-state index is 0.138. The number of aromatic nitrogens is 1. The minimum atomic E-state index is -0.773. The molecule has 0 aliphatic heterocycles. The van der Waals surface area contributed by atoms with Crippen molar-refractivity contribution in [2.75, 3.05) is 5.32 Å². The predicted molar refractivity (Wildman–Crippen MR) is 108 cm³/mol. The van der Waals surface area contributed by atoms with Crippen LogP contribution in [0.4, 0.5) is 10.1 Å². The SMILES string of the molecule is Cc1ccc2nc(-c3cc(NC(=O)c4ccc(C#N)cc4F)ccc3Cl)oc2c1. The van der Waals surface area contributed by atoms with E-state index in [0.29, 0.717) is 33.3 Å². The maximum atomic E-state index is 14.1. The van der Waals surface area contributed by atoms with Crippen LogP contribution in [0.25, 0.3) is 22.6 Å². The van der Waals surface area contributed by atoms with Crippen LogP contribution < -0.4 is 5.32 Å². The number of nitrogens with one attached hydrogen (secondary N) is 1. The van der Waals surface area contributed by atoms with E-state index in [0.717, 1.165) is 11.6 Å². The molecule has 0 aliphatic carbocycles. The van der Waals surface area contributed by atoms with Gasteiger partial charge in [0.2, 0.25) is 5.89 Å². The number of carbonyl (C=O) groups excluding carboxylic acids is 1. The van der Waals surface area contributed by atoms with Crippen LogP contribution >= 0.6 is 11.6 Å². The van der Waals surface area contributed by atoms with Crippen molar-refractivity contribution in [3.05, 3.63) is 82.1 Å². The van der Waals surface area contributed by atoms with Crippen LogP contribution in [0.2, 0.25) is 5.02 Å². The summed E-state index contributed by atoms with van der Waals surface area (Å²) < 4.78 is 19.9. The van der Waals surface area contributed by atoms with Crippen LogP contribution in [0.1, 0.15) is 21.5 Å². The van der Waals surface area contributed by atoms with Gasteiger partial charge in [-0.05, 0) is 61.0 Å². The van der Waals surface area contributed by atoms with Crippen molar-refractivity contribution < 1.29 is 13.6 Å². The van der Waals surface area contributed by atoms with E-state index in [1.165, 1.54) is 12.1 Å². The monoisotopic (exact) mass is 405 g/mol. The highest BCUT2D eigenvalue weighted by Crippen LogP contribution is 2.32. The van der Waals surface area contributed by atoms with E-state index in [1.807, 2.05) is 31.2 Å². The number of hydrogen-bond acceptors (Lipinski definition) is 4. The fraction of sp³-hybridized carbons (Fsp3) is 0.0455. The van der Waals surface area contributed by atoms with Crippen molar-refractivity contribution in [1.29, 1.82) is 5.26 Å². The largest absolute Gasteiger partial charge is 0.436 e. The van der Waals surface area contributed by atoms with E-state index >= 15 is 0 Å². The van der Waals surface area contributed by atoms with Crippen molar-refractivity contribution >= 4 is 34.3 Å². The molecule has 1 aromatic heterocycles. The molecular weight excluding hydrogens is 393 g/mol. The van der Waals surface area contributed by atoms with Crippen molar-refractivity contribution in [1.82, 2.24) is 4.98 Å². The van der Waals surface area contributed by atoms with Crippen molar-refractivity contribution in [3.8, 4) is 17.5 Å². The second-order valence-electron chi connectivity index (χ2n) is 6.45. The van der Waals surface area contributed by atoms with Gasteiger partial charge in [0.1, 0.15) is 11.3 Å². The molecule has 0 spiro atoms. The molecule has 1 heterocycles. The second-order valence-corrected chi connectivity index (χ2v) is 6.85. The minimum Gasteiger partial charge on any atom is -0.436 e. The average Bonchev–Trinajstić information content (AvgIpc) is 3.12. The first-order valence-electron chi connectivity index (χ1n) is 8.63. The van der Waals surface area contributed by atoms with Crippen LogP contribution in [0.3, 0.4) is 0 Å². The lowest BCUT2D eigenvalue weighted by molar-refractivity contribution is 0.102. The van der Waals surface area contributed by atoms with E-state index in [-0.39, 0.29) is 11.1 Å². The molecule has 0 aliphatic rings. The molecule has 4 rings (SSSR count). The van der Waals surface area contributed by atoms with Gasteiger partial charge in [0.25, 0.3) is 5.91 Å². The van der Waals surface area contributed by atoms with Gasteiger partial charge in [-0.3, -0.25) is 4.79 Å². The number of hydrogen-bond donors (Lipinski definition) is 1. The molecule has 0 radical (unpaired) electrons. The van der Waals surface area contributed by atoms with E-state index in [4.69, 9.17) is 21.3 Å². The first-order valence-corrected chi connectivity index (χ1v) is 9.00. The number of oxazole rings is 1. The molecule has 0 fully saturated rings. The third kappa shape index (κ3) is 3.68. The highest BCUT2D eigenvalue weighted by molar-refractivity contribution is 6.33. The Labute approximate surface area is 170 Å². The zero-order chi connectivity index (χ0) is 20.5. The summed E-state index contributed by atoms with van der Waals surface area (Å²) in [6.07, 6.45) is 0. The molecule has 3 aromatic carbocycles. The van der Waals surface area contributed by atoms with Gasteiger partial charge in [-0.1, -0.05) is 17.7 Å². The molecule has 4 aromatic rings. The Morgan fingerprint density at radius 2 is 2.00 bits per heavy atom. The first kappa shape index (κ1) is 18.7. The Balaban J connectivity index is 1.66. The molecule has 7 heteroatoms. The van der Waals surface area contributed by atoms with Gasteiger partial charge in [0, 0.05) is 5.69 Å². The molecule has 1 amide bonds. The second kappa shape index (κ2) is 7.38. The molecule has 0 saturated carbocycles. The van der Waals surface area contributed by atoms with Crippen molar-refractivity contribution in [3.63, 3.8) is 0 Å². The molecule has 0 atom stereocenters. The molecule has 5 nitrogen and oxygen atoms in total. The van der Waals surface area contributed by atoms with E-state index in [2.05, 4.69) is 10.3 Å². The first-order chi connectivity index (χ1) is 13.9. The number of benzene rings is 3. The van der Waals surface area contributed by atoms with Gasteiger partial charge < -0.3 is 9.73 Å². The van der Waals surface area contributed by atoms with Gasteiger partial charge in [0.05, 0.1) is 27.8 Å². The summed E-state index contributed by atoms with van der Waals surface area (Å²) in [5.74, 6) is -1.10. The third-order valence-electron chi connectivity index (χ3n) is 4.34. The third-order valence-corrected chi connectivity index (χ3v) is 4.67. The zero-order valence-electron chi connectivity index (χ0n) is 15.2. The number of aryl methyl sites for hydroxylation is 1. The maximum absolute atomic E-state index is 14.1. The molecule has 1 N–H and O–H groups in total. The molecule has 29 heavy (non-hydrogen) atoms. The summed E-state index contributed by atoms with van der Waals surface area (Å²) in [4.78, 5) is 16.9. The van der Waals surface area contributed by atoms with Crippen LogP contribution in [0.15, 0.2) is 59.0 Å². The maximum Gasteiger partial charge on any atom is 0.258 e. The standard InChI is InChI=1S/C22H13ClFN3O2/c1-12-2-7-19-20(8-12)29-22(27-19)16-10-14(4-6-17(16)23)26-21(28)15-5-3-13(11-25)9-18(15)24/h2-10H,1H3,(H,26,28). The fourth-order valence-corrected chi connectivity index (χ4v) is 3.08. The molecular formula is C22H13ClFN3O2. The number of nitrogens with zero attached hydrogens (tertiary/aromatic N) is 2. The number of anilines is 1. The number of amides is 1. The van der Waals surface area contributed by atoms with Crippen LogP contribution in [-0.4, -0.2) is 10.9 Å². The van der Waals surface area contributed by atoms with Crippen LogP contribution in [0, 0.1) is 24.1 Å². The topological polar surface area (TPSA) is 78.9 Å². The van der Waals surface area contributed by atoms with Gasteiger partial charge in [-0.25, -0.2) is 9.37 Å². The molecule has 0 bridgehead atoms. The van der Waals surface area contributed by atoms with Crippen LogP contribution in [0.5, 0.6) is 0 Å². The van der Waals surface area contributed by atoms with Crippen molar-refractivity contribution in [2.45, 2.75) is 6.92 Å². The van der Waals surface area contributed by atoms with Crippen molar-refractivity contribution in [2.24, 2.45) is 0 Å². The summed E-state index contributed by atoms with van der Waals surface area (Å²) in [7, 11) is 0. The average molecular weight is 406 g/mol. The van der Waals surface area contributed by atoms with E-state index in [1.54, 1.807) is 18.2 Å². The zero-order valence-corrected chi connectivity index (χ0v) is 15.9. The summed E-state index contributed by atoms with van der Waals surface area (Å²) >= 11 is 6.30. The number of fused-ring (bicyclic) bond motifs is 1. The summed E-state index contributed by atoms with van der Waals surface area (Å²) in [6, 6.07) is 16.0. The molecule has 142 valence electrons. The summed E-state index contributed by atoms with van der Waals surface area (Å²) in [5.41, 5.74) is 3.23. The Bertz CT molecular complexity index is 1310. The van der Waals surface area contributed by atoms with E-state index in [9.17, 15) is 9.18 Å². The molecule has 0 saturated heterocycles. The summed E-state index contributed by atoms with van der Waals surface area (Å²) in [6.45, 7) is 1.95. The normalized spacial score (nSPS) is 10.7. The van der Waals surface area contributed by atoms with Gasteiger partial charge in [-0.2, -0.15) is 5.26 Å². The number of carbonyl (C=O) groups is 1. The lowest BCUT2D eigenvalue weighted by Gasteiger charge is -2.08. The Morgan fingerprint density at radius 1 is 1.17 bits per heavy atom. The summed E-state index contributed by atoms with van der Waals surface area (Å²) in [5, 5.41) is 11.8. The van der Waals surface area contributed by atoms with Gasteiger partial charge >= 0.3 is 0 Å². The van der Waals surface area contributed by atoms with Gasteiger partial charge in [-0.15, -0.1) is 0 Å². The number of halogens is 2. The highest BCUT2D eigenvalue weighted by Gasteiger charge is 2.16.